The molecule has 2 amide bonds. The third kappa shape index (κ3) is 6.43. The lowest BCUT2D eigenvalue weighted by Gasteiger charge is -2.38. The van der Waals surface area contributed by atoms with Crippen LogP contribution in [0.15, 0.2) is 30.3 Å². The summed E-state index contributed by atoms with van der Waals surface area (Å²) in [6, 6.07) is 9.13. The monoisotopic (exact) mass is 451 g/mol. The number of likely N-dealkylation sites (tertiary alicyclic amines) is 1. The molecule has 2 saturated heterocycles. The molecule has 0 aromatic heterocycles. The minimum absolute atomic E-state index is 0.0229. The first kappa shape index (κ1) is 23.5. The molecule has 0 radical (unpaired) electrons. The minimum Gasteiger partial charge on any atom is -0.444 e. The van der Waals surface area contributed by atoms with Crippen molar-refractivity contribution in [2.24, 2.45) is 5.92 Å². The SMILES string of the molecule is CC(C)(C)OC(=O)N1CCC(C(=O)N2CCN(S(=O)(=O)Cc3ccccc3)CC2)CC1. The van der Waals surface area contributed by atoms with E-state index >= 15 is 0 Å². The van der Waals surface area contributed by atoms with Crippen molar-refractivity contribution in [1.82, 2.24) is 14.1 Å². The van der Waals surface area contributed by atoms with Crippen LogP contribution in [0, 0.1) is 5.92 Å². The van der Waals surface area contributed by atoms with Gasteiger partial charge in [0.15, 0.2) is 0 Å². The normalized spacial score (nSPS) is 19.3. The largest absolute Gasteiger partial charge is 0.444 e. The van der Waals surface area contributed by atoms with E-state index in [2.05, 4.69) is 0 Å². The number of nitrogens with zero attached hydrogens (tertiary/aromatic N) is 3. The summed E-state index contributed by atoms with van der Waals surface area (Å²) in [5.41, 5.74) is 0.224. The maximum absolute atomic E-state index is 12.9. The Morgan fingerprint density at radius 2 is 1.52 bits per heavy atom. The Hall–Kier alpha value is -2.13. The zero-order chi connectivity index (χ0) is 22.6. The van der Waals surface area contributed by atoms with E-state index in [0.29, 0.717) is 52.1 Å². The molecule has 0 aliphatic carbocycles. The number of piperazine rings is 1. The maximum Gasteiger partial charge on any atom is 0.410 e. The van der Waals surface area contributed by atoms with Gasteiger partial charge in [-0.3, -0.25) is 4.79 Å². The molecule has 1 aromatic carbocycles. The van der Waals surface area contributed by atoms with Gasteiger partial charge in [0.25, 0.3) is 0 Å². The number of sulfonamides is 1. The summed E-state index contributed by atoms with van der Waals surface area (Å²) >= 11 is 0. The van der Waals surface area contributed by atoms with Gasteiger partial charge < -0.3 is 14.5 Å². The second kappa shape index (κ2) is 9.56. The van der Waals surface area contributed by atoms with Gasteiger partial charge in [-0.25, -0.2) is 13.2 Å². The summed E-state index contributed by atoms with van der Waals surface area (Å²) in [5.74, 6) is -0.0969. The number of carbonyl (C=O) groups excluding carboxylic acids is 2. The van der Waals surface area contributed by atoms with Crippen LogP contribution in [0.25, 0.3) is 0 Å². The molecule has 0 spiro atoms. The van der Waals surface area contributed by atoms with Gasteiger partial charge in [-0.1, -0.05) is 30.3 Å². The van der Waals surface area contributed by atoms with Gasteiger partial charge in [0, 0.05) is 45.2 Å². The highest BCUT2D eigenvalue weighted by Gasteiger charge is 2.34. The van der Waals surface area contributed by atoms with Crippen molar-refractivity contribution in [2.45, 2.75) is 45.0 Å². The topological polar surface area (TPSA) is 87.2 Å². The summed E-state index contributed by atoms with van der Waals surface area (Å²) in [4.78, 5) is 28.6. The first-order chi connectivity index (χ1) is 14.5. The van der Waals surface area contributed by atoms with Crippen LogP contribution in [0.1, 0.15) is 39.2 Å². The predicted molar refractivity (Wildman–Crippen MR) is 118 cm³/mol. The average Bonchev–Trinajstić information content (AvgIpc) is 2.72. The van der Waals surface area contributed by atoms with Crippen LogP contribution in [0.3, 0.4) is 0 Å². The van der Waals surface area contributed by atoms with Crippen molar-refractivity contribution >= 4 is 22.0 Å². The fourth-order valence-electron chi connectivity index (χ4n) is 3.96. The fourth-order valence-corrected chi connectivity index (χ4v) is 5.47. The number of piperidine rings is 1. The molecule has 8 nitrogen and oxygen atoms in total. The maximum atomic E-state index is 12.9. The smallest absolute Gasteiger partial charge is 0.410 e. The third-order valence-corrected chi connectivity index (χ3v) is 7.48. The highest BCUT2D eigenvalue weighted by molar-refractivity contribution is 7.88. The quantitative estimate of drug-likeness (QED) is 0.701. The van der Waals surface area contributed by atoms with Crippen LogP contribution in [0.4, 0.5) is 4.79 Å². The van der Waals surface area contributed by atoms with Gasteiger partial charge in [0.05, 0.1) is 5.75 Å². The Kier molecular flexibility index (Phi) is 7.26. The van der Waals surface area contributed by atoms with E-state index in [-0.39, 0.29) is 23.7 Å². The first-order valence-electron chi connectivity index (χ1n) is 10.8. The van der Waals surface area contributed by atoms with E-state index in [1.807, 2.05) is 39.0 Å². The lowest BCUT2D eigenvalue weighted by Crippen LogP contribution is -2.53. The van der Waals surface area contributed by atoms with E-state index in [1.165, 1.54) is 4.31 Å². The van der Waals surface area contributed by atoms with Crippen molar-refractivity contribution < 1.29 is 22.7 Å². The Morgan fingerprint density at radius 3 is 2.06 bits per heavy atom. The van der Waals surface area contributed by atoms with E-state index < -0.39 is 15.6 Å². The lowest BCUT2D eigenvalue weighted by atomic mass is 9.95. The van der Waals surface area contributed by atoms with Crippen molar-refractivity contribution in [3.63, 3.8) is 0 Å². The Morgan fingerprint density at radius 1 is 0.935 bits per heavy atom. The molecule has 1 aromatic rings. The van der Waals surface area contributed by atoms with Crippen LogP contribution < -0.4 is 0 Å². The molecule has 2 aliphatic heterocycles. The van der Waals surface area contributed by atoms with Crippen molar-refractivity contribution in [2.75, 3.05) is 39.3 Å². The van der Waals surface area contributed by atoms with Gasteiger partial charge in [-0.15, -0.1) is 0 Å². The lowest BCUT2D eigenvalue weighted by molar-refractivity contribution is -0.138. The number of rotatable bonds is 4. The Balaban J connectivity index is 1.47. The summed E-state index contributed by atoms with van der Waals surface area (Å²) in [7, 11) is -3.40. The predicted octanol–water partition coefficient (Wildman–Crippen LogP) is 2.31. The van der Waals surface area contributed by atoms with Crippen molar-refractivity contribution in [3.8, 4) is 0 Å². The molecule has 31 heavy (non-hydrogen) atoms. The molecule has 9 heteroatoms. The highest BCUT2D eigenvalue weighted by Crippen LogP contribution is 2.23. The van der Waals surface area contributed by atoms with E-state index in [4.69, 9.17) is 4.74 Å². The highest BCUT2D eigenvalue weighted by atomic mass is 32.2. The molecule has 0 bridgehead atoms. The van der Waals surface area contributed by atoms with Gasteiger partial charge in [0.1, 0.15) is 5.60 Å². The zero-order valence-corrected chi connectivity index (χ0v) is 19.4. The number of benzene rings is 1. The van der Waals surface area contributed by atoms with Crippen LogP contribution in [-0.4, -0.2) is 79.4 Å². The molecule has 3 rings (SSSR count). The third-order valence-electron chi connectivity index (χ3n) is 5.63. The van der Waals surface area contributed by atoms with Crippen molar-refractivity contribution in [1.29, 1.82) is 0 Å². The van der Waals surface area contributed by atoms with Gasteiger partial charge >= 0.3 is 6.09 Å². The summed E-state index contributed by atoms with van der Waals surface area (Å²) in [6.45, 7) is 7.93. The van der Waals surface area contributed by atoms with Gasteiger partial charge in [-0.2, -0.15) is 4.31 Å². The molecule has 172 valence electrons. The van der Waals surface area contributed by atoms with Crippen LogP contribution in [0.5, 0.6) is 0 Å². The minimum atomic E-state index is -3.40. The van der Waals surface area contributed by atoms with Crippen LogP contribution in [-0.2, 0) is 25.3 Å². The molecule has 2 heterocycles. The number of amides is 2. The molecule has 2 aliphatic rings. The molecule has 2 fully saturated rings. The summed E-state index contributed by atoms with van der Waals surface area (Å²) in [5, 5.41) is 0. The number of hydrogen-bond acceptors (Lipinski definition) is 5. The molecule has 0 unspecified atom stereocenters. The Labute approximate surface area is 185 Å². The molecule has 0 atom stereocenters. The van der Waals surface area contributed by atoms with Gasteiger partial charge in [0.2, 0.25) is 15.9 Å². The molecular weight excluding hydrogens is 418 g/mol. The standard InChI is InChI=1S/C22H33N3O5S/c1-22(2,3)30-21(27)24-11-9-19(10-12-24)20(26)23-13-15-25(16-14-23)31(28,29)17-18-7-5-4-6-8-18/h4-8,19H,9-17H2,1-3H3. The summed E-state index contributed by atoms with van der Waals surface area (Å²) in [6.07, 6.45) is 0.866. The van der Waals surface area contributed by atoms with Gasteiger partial charge in [-0.05, 0) is 39.2 Å². The second-order valence-electron chi connectivity index (χ2n) is 9.21. The van der Waals surface area contributed by atoms with Crippen LogP contribution in [0.2, 0.25) is 0 Å². The molecule has 0 N–H and O–H groups in total. The Bertz CT molecular complexity index is 866. The first-order valence-corrected chi connectivity index (χ1v) is 12.4. The van der Waals surface area contributed by atoms with E-state index in [0.717, 1.165) is 5.56 Å². The zero-order valence-electron chi connectivity index (χ0n) is 18.6. The number of ether oxygens (including phenoxy) is 1. The number of hydrogen-bond donors (Lipinski definition) is 0. The molecule has 0 saturated carbocycles. The fraction of sp³-hybridized carbons (Fsp3) is 0.636. The molecular formula is C22H33N3O5S. The van der Waals surface area contributed by atoms with Crippen molar-refractivity contribution in [3.05, 3.63) is 35.9 Å². The summed E-state index contributed by atoms with van der Waals surface area (Å²) < 4.78 is 32.3. The van der Waals surface area contributed by atoms with E-state index in [9.17, 15) is 18.0 Å². The average molecular weight is 452 g/mol. The van der Waals surface area contributed by atoms with E-state index in [1.54, 1.807) is 21.9 Å². The van der Waals surface area contributed by atoms with Crippen LogP contribution >= 0.6 is 0 Å². The number of carbonyl (C=O) groups is 2. The second-order valence-corrected chi connectivity index (χ2v) is 11.2.